The van der Waals surface area contributed by atoms with Gasteiger partial charge in [-0.15, -0.1) is 6.54 Å². The molecule has 61 heavy (non-hydrogen) atoms. The predicted octanol–water partition coefficient (Wildman–Crippen LogP) is 4.20. The molecule has 0 aromatic heterocycles. The number of anilines is 3. The second kappa shape index (κ2) is 20.4. The van der Waals surface area contributed by atoms with Gasteiger partial charge in [-0.25, -0.2) is 0 Å². The van der Waals surface area contributed by atoms with Crippen LogP contribution in [0, 0.1) is 23.2 Å². The second-order valence-corrected chi connectivity index (χ2v) is 16.8. The molecule has 4 fully saturated rings. The molecular formula is C45H52ClN8O6V-. The number of halogens is 1. The number of likely N-dealkylation sites (N-methyl/N-ethyl adjacent to an activating group) is 1. The monoisotopic (exact) mass is 886 g/mol. The molecule has 0 aliphatic carbocycles. The molecule has 3 aromatic rings. The van der Waals surface area contributed by atoms with Gasteiger partial charge in [-0.05, 0) is 105 Å². The van der Waals surface area contributed by atoms with Crippen molar-refractivity contribution in [3.05, 3.63) is 94.4 Å². The molecule has 14 nitrogen and oxygen atoms in total. The fraction of sp³-hybridized carbons (Fsp3) is 0.444. The number of aldehydes is 1. The van der Waals surface area contributed by atoms with E-state index in [1.807, 2.05) is 42.5 Å². The van der Waals surface area contributed by atoms with Crippen LogP contribution in [-0.4, -0.2) is 135 Å². The van der Waals surface area contributed by atoms with Gasteiger partial charge < -0.3 is 36.0 Å². The van der Waals surface area contributed by atoms with E-state index in [-0.39, 0.29) is 49.3 Å². The third kappa shape index (κ3) is 10.5. The third-order valence-corrected chi connectivity index (χ3v) is 13.0. The van der Waals surface area contributed by atoms with Crippen LogP contribution in [0.2, 0.25) is 5.02 Å². The van der Waals surface area contributed by atoms with Crippen molar-refractivity contribution >= 4 is 58.6 Å². The number of nitriles is 1. The minimum atomic E-state index is -0.989. The molecule has 321 valence electrons. The maximum absolute atomic E-state index is 13.0. The summed E-state index contributed by atoms with van der Waals surface area (Å²) in [5.74, 6) is -2.12. The summed E-state index contributed by atoms with van der Waals surface area (Å²) in [6.45, 7) is 9.63. The Balaban J connectivity index is 0.000000204. The van der Waals surface area contributed by atoms with Crippen molar-refractivity contribution in [2.75, 3.05) is 93.9 Å². The van der Waals surface area contributed by atoms with Crippen LogP contribution in [0.4, 0.5) is 17.1 Å². The van der Waals surface area contributed by atoms with Crippen LogP contribution in [0.1, 0.15) is 75.2 Å². The summed E-state index contributed by atoms with van der Waals surface area (Å²) in [5, 5.41) is 21.7. The Labute approximate surface area is 374 Å². The normalized spacial score (nSPS) is 20.1. The summed E-state index contributed by atoms with van der Waals surface area (Å²) >= 11 is 6.22. The number of amides is 4. The number of fused-ring (bicyclic) bond motifs is 1. The van der Waals surface area contributed by atoms with Gasteiger partial charge in [0, 0.05) is 100.0 Å². The smallest absolute Gasteiger partial charge is 0.262 e. The van der Waals surface area contributed by atoms with Gasteiger partial charge in [-0.2, -0.15) is 11.7 Å². The summed E-state index contributed by atoms with van der Waals surface area (Å²) in [6.07, 6.45) is 7.58. The molecule has 0 saturated carbocycles. The van der Waals surface area contributed by atoms with Crippen molar-refractivity contribution in [1.82, 2.24) is 20.0 Å². The van der Waals surface area contributed by atoms with Gasteiger partial charge in [-0.3, -0.25) is 34.2 Å². The van der Waals surface area contributed by atoms with E-state index in [0.717, 1.165) is 87.8 Å². The quantitative estimate of drug-likeness (QED) is 0.0931. The van der Waals surface area contributed by atoms with Crippen LogP contribution in [0.15, 0.2) is 60.7 Å². The van der Waals surface area contributed by atoms with Crippen LogP contribution < -0.4 is 20.0 Å². The van der Waals surface area contributed by atoms with E-state index in [0.29, 0.717) is 28.2 Å². The number of aliphatic hydroxyl groups excluding tert-OH is 1. The number of imide groups is 2. The minimum absolute atomic E-state index is 0. The molecule has 1 radical (unpaired) electrons. The van der Waals surface area contributed by atoms with Gasteiger partial charge in [-0.1, -0.05) is 11.6 Å². The van der Waals surface area contributed by atoms with Crippen LogP contribution in [0.5, 0.6) is 0 Å². The first-order valence-corrected chi connectivity index (χ1v) is 21.1. The van der Waals surface area contributed by atoms with E-state index >= 15 is 0 Å². The summed E-state index contributed by atoms with van der Waals surface area (Å²) in [7, 11) is 2.12. The Morgan fingerprint density at radius 1 is 0.902 bits per heavy atom. The summed E-state index contributed by atoms with van der Waals surface area (Å²) in [5.41, 5.74) is 5.00. The zero-order valence-corrected chi connectivity index (χ0v) is 36.6. The fourth-order valence-corrected chi connectivity index (χ4v) is 9.06. The molecule has 4 amide bonds. The molecule has 0 bridgehead atoms. The Bertz CT molecular complexity index is 2130. The van der Waals surface area contributed by atoms with Crippen molar-refractivity contribution in [3.8, 4) is 6.07 Å². The van der Waals surface area contributed by atoms with Crippen LogP contribution >= 0.6 is 11.6 Å². The number of piperazine rings is 1. The average molecular weight is 887 g/mol. The van der Waals surface area contributed by atoms with Crippen molar-refractivity contribution < 1.29 is 47.6 Å². The number of piperidine rings is 2. The third-order valence-electron chi connectivity index (χ3n) is 12.6. The molecule has 16 heteroatoms. The molecule has 5 heterocycles. The maximum atomic E-state index is 13.0. The van der Waals surface area contributed by atoms with Gasteiger partial charge >= 0.3 is 0 Å². The van der Waals surface area contributed by atoms with E-state index in [1.54, 1.807) is 23.1 Å². The first-order valence-electron chi connectivity index (χ1n) is 20.7. The molecule has 5 aliphatic heterocycles. The first kappa shape index (κ1) is 45.8. The predicted molar refractivity (Wildman–Crippen MR) is 229 cm³/mol. The van der Waals surface area contributed by atoms with Gasteiger partial charge in [0.05, 0.1) is 21.7 Å². The van der Waals surface area contributed by atoms with E-state index < -0.39 is 29.7 Å². The number of carbonyl (C=O) groups excluding carboxylic acids is 5. The van der Waals surface area contributed by atoms with Gasteiger partial charge in [0.2, 0.25) is 11.8 Å². The van der Waals surface area contributed by atoms with Gasteiger partial charge in [0.1, 0.15) is 25.1 Å². The van der Waals surface area contributed by atoms with Gasteiger partial charge in [0.25, 0.3) is 11.8 Å². The Hall–Kier alpha value is -4.75. The van der Waals surface area contributed by atoms with Crippen molar-refractivity contribution in [2.24, 2.45) is 5.41 Å². The molecule has 5 aliphatic rings. The number of benzene rings is 3. The molecule has 3 aromatic carbocycles. The number of rotatable bonds is 11. The second-order valence-electron chi connectivity index (χ2n) is 16.4. The maximum Gasteiger partial charge on any atom is 0.262 e. The molecular weight excluding hydrogens is 835 g/mol. The number of nitrogens with zero attached hydrogens (tertiary/aromatic N) is 7. The van der Waals surface area contributed by atoms with Gasteiger partial charge in [0.15, 0.2) is 0 Å². The number of unbranched alkanes of at least 4 members (excludes halogenated alkanes) is 1. The Morgan fingerprint density at radius 3 is 2.21 bits per heavy atom. The van der Waals surface area contributed by atoms with Crippen molar-refractivity contribution in [3.63, 3.8) is 0 Å². The molecule has 8 rings (SSSR count). The Morgan fingerprint density at radius 2 is 1.57 bits per heavy atom. The number of carbonyl (C=O) groups is 5. The van der Waals surface area contributed by atoms with Crippen LogP contribution in [0.3, 0.4) is 0 Å². The summed E-state index contributed by atoms with van der Waals surface area (Å²) in [6, 6.07) is 19.6. The fourth-order valence-electron chi connectivity index (χ4n) is 8.85. The van der Waals surface area contributed by atoms with E-state index in [1.165, 1.54) is 24.9 Å². The largest absolute Gasteiger partial charge is 0.376 e. The molecule has 1 atom stereocenters. The number of hydrogen-bond donors (Lipinski definition) is 2. The number of aliphatic hydroxyl groups is 1. The SMILES string of the molecule is CN1CCN(C[CH-]CCN(CO)c2ccc3c(c2)C(=O)N(C2CCC(=O)NC2=O)C3=O)CC1.N#Cc1ccc(N2CCC3(CCN(c4ccc(C=O)cc4)CC3)C2)cc1Cl.[V]. The minimum Gasteiger partial charge on any atom is -0.376 e. The van der Waals surface area contributed by atoms with Crippen LogP contribution in [0.25, 0.3) is 0 Å². The molecule has 1 unspecified atom stereocenters. The van der Waals surface area contributed by atoms with Crippen molar-refractivity contribution in [2.45, 2.75) is 44.6 Å². The van der Waals surface area contributed by atoms with E-state index in [9.17, 15) is 29.1 Å². The molecule has 4 saturated heterocycles. The Kier molecular flexibility index (Phi) is 15.3. The average Bonchev–Trinajstić information content (AvgIpc) is 3.78. The van der Waals surface area contributed by atoms with Crippen molar-refractivity contribution in [1.29, 1.82) is 5.26 Å². The number of nitrogens with one attached hydrogen (secondary N) is 1. The molecule has 1 spiro atoms. The molecule has 2 N–H and O–H groups in total. The first-order chi connectivity index (χ1) is 29.0. The standard InChI is InChI=1S/C23H30N5O5.C22H22ClN3O.V/c1-25-10-12-26(13-11-25)8-2-3-9-27(15-29)16-4-5-17-18(14-16)23(33)28(22(17)32)19-6-7-20(30)24-21(19)31;23-21-13-20(6-3-18(21)14-24)26-12-9-22(16-26)7-10-25(11-8-22)19-4-1-17(15-27)2-5-19;/h2,4-5,14,19,29H,3,6-13,15H2,1H3,(H,24,30,31);1-6,13,15H,7-12,16H2;/q-1;;. The zero-order chi connectivity index (χ0) is 42.4. The zero-order valence-electron chi connectivity index (χ0n) is 34.5. The topological polar surface area (TPSA) is 161 Å². The van der Waals surface area contributed by atoms with Crippen LogP contribution in [-0.2, 0) is 28.1 Å². The summed E-state index contributed by atoms with van der Waals surface area (Å²) < 4.78 is 0. The van der Waals surface area contributed by atoms with E-state index in [4.69, 9.17) is 16.9 Å². The van der Waals surface area contributed by atoms with E-state index in [2.05, 4.69) is 44.5 Å². The summed E-state index contributed by atoms with van der Waals surface area (Å²) in [4.78, 5) is 72.5. The number of hydrogen-bond acceptors (Lipinski definition) is 12.